The molecule has 0 aromatic heterocycles. The highest BCUT2D eigenvalue weighted by molar-refractivity contribution is 8.08. The highest BCUT2D eigenvalue weighted by Gasteiger charge is 2.22. The minimum Gasteiger partial charge on any atom is -0.160 e. The zero-order valence-electron chi connectivity index (χ0n) is 10.3. The number of hydrogen-bond acceptors (Lipinski definition) is 4. The van der Waals surface area contributed by atoms with Crippen LogP contribution in [0, 0.1) is 0 Å². The van der Waals surface area contributed by atoms with Gasteiger partial charge in [-0.25, -0.2) is 0 Å². The van der Waals surface area contributed by atoms with Gasteiger partial charge in [0, 0.05) is 45.0 Å². The molecule has 2 fully saturated rings. The minimum atomic E-state index is 0.915. The third kappa shape index (κ3) is 4.06. The fourth-order valence-corrected chi connectivity index (χ4v) is 6.37. The van der Waals surface area contributed by atoms with Crippen LogP contribution < -0.4 is 0 Å². The van der Waals surface area contributed by atoms with Crippen molar-refractivity contribution in [2.75, 3.05) is 23.0 Å². The smallest absolute Gasteiger partial charge is 0.0232 e. The molecule has 1 unspecified atom stereocenters. The molecule has 3 rings (SSSR count). The van der Waals surface area contributed by atoms with Crippen LogP contribution in [0.5, 0.6) is 0 Å². The van der Waals surface area contributed by atoms with Crippen LogP contribution in [0.1, 0.15) is 11.1 Å². The van der Waals surface area contributed by atoms with Crippen molar-refractivity contribution in [3.05, 3.63) is 35.4 Å². The summed E-state index contributed by atoms with van der Waals surface area (Å²) in [5.74, 6) is 7.86. The summed E-state index contributed by atoms with van der Waals surface area (Å²) in [6.07, 6.45) is 0. The van der Waals surface area contributed by atoms with Crippen LogP contribution in [0.3, 0.4) is 0 Å². The molecule has 2 aliphatic rings. The molecule has 0 spiro atoms. The van der Waals surface area contributed by atoms with Gasteiger partial charge in [0.1, 0.15) is 0 Å². The Morgan fingerprint density at radius 3 is 2.39 bits per heavy atom. The van der Waals surface area contributed by atoms with Gasteiger partial charge in [-0.05, 0) is 11.1 Å². The summed E-state index contributed by atoms with van der Waals surface area (Å²) in [6, 6.07) is 9.02. The number of hydrogen-bond donors (Lipinski definition) is 0. The standard InChI is InChI=1S/C14H18S4/c1-2-4-12(6-17-13-7-16-8-13)11(3-1)5-15-9-14-10-18-14/h1-4,13-14H,5-10H2. The minimum absolute atomic E-state index is 0.915. The van der Waals surface area contributed by atoms with Crippen LogP contribution in [-0.2, 0) is 11.5 Å². The Kier molecular flexibility index (Phi) is 5.19. The molecule has 0 radical (unpaired) electrons. The third-order valence-corrected chi connectivity index (χ3v) is 8.48. The fraction of sp³-hybridized carbons (Fsp3) is 0.571. The lowest BCUT2D eigenvalue weighted by Gasteiger charge is -2.24. The first-order valence-corrected chi connectivity index (χ1v) is 10.8. The summed E-state index contributed by atoms with van der Waals surface area (Å²) in [4.78, 5) is 0. The van der Waals surface area contributed by atoms with Crippen molar-refractivity contribution >= 4 is 47.0 Å². The second-order valence-corrected chi connectivity index (χ2v) is 9.44. The molecule has 0 aliphatic carbocycles. The molecule has 0 N–H and O–H groups in total. The number of thioether (sulfide) groups is 4. The van der Waals surface area contributed by atoms with Crippen molar-refractivity contribution < 1.29 is 0 Å². The summed E-state index contributed by atoms with van der Waals surface area (Å²) >= 11 is 8.45. The van der Waals surface area contributed by atoms with Gasteiger partial charge >= 0.3 is 0 Å². The molecular formula is C14H18S4. The fourth-order valence-electron chi connectivity index (χ4n) is 1.82. The van der Waals surface area contributed by atoms with Gasteiger partial charge in [-0.1, -0.05) is 24.3 Å². The predicted octanol–water partition coefficient (Wildman–Crippen LogP) is 4.38. The largest absolute Gasteiger partial charge is 0.160 e. The van der Waals surface area contributed by atoms with E-state index in [9.17, 15) is 0 Å². The van der Waals surface area contributed by atoms with Crippen LogP contribution in [0.15, 0.2) is 24.3 Å². The summed E-state index contributed by atoms with van der Waals surface area (Å²) in [6.45, 7) is 0. The van der Waals surface area contributed by atoms with Crippen molar-refractivity contribution in [2.24, 2.45) is 0 Å². The van der Waals surface area contributed by atoms with Crippen molar-refractivity contribution in [3.63, 3.8) is 0 Å². The summed E-state index contributed by atoms with van der Waals surface area (Å²) in [7, 11) is 0. The third-order valence-electron chi connectivity index (χ3n) is 3.16. The lowest BCUT2D eigenvalue weighted by Crippen LogP contribution is -2.20. The number of benzene rings is 1. The Bertz CT molecular complexity index is 385. The van der Waals surface area contributed by atoms with Gasteiger partial charge in [0.2, 0.25) is 0 Å². The first-order valence-electron chi connectivity index (χ1n) is 6.37. The SMILES string of the molecule is c1ccc(CSC2CSC2)c(CSCC2CS2)c1. The summed E-state index contributed by atoms with van der Waals surface area (Å²) in [5.41, 5.74) is 3.13. The van der Waals surface area contributed by atoms with E-state index >= 15 is 0 Å². The molecule has 1 atom stereocenters. The lowest BCUT2D eigenvalue weighted by atomic mass is 10.1. The highest BCUT2D eigenvalue weighted by atomic mass is 32.2. The van der Waals surface area contributed by atoms with Crippen LogP contribution in [0.4, 0.5) is 0 Å². The quantitative estimate of drug-likeness (QED) is 0.684. The van der Waals surface area contributed by atoms with Crippen molar-refractivity contribution in [2.45, 2.75) is 22.0 Å². The van der Waals surface area contributed by atoms with Gasteiger partial charge in [-0.15, -0.1) is 0 Å². The van der Waals surface area contributed by atoms with E-state index in [-0.39, 0.29) is 0 Å². The van der Waals surface area contributed by atoms with Crippen molar-refractivity contribution in [1.82, 2.24) is 0 Å². The average Bonchev–Trinajstić information content (AvgIpc) is 3.13. The van der Waals surface area contributed by atoms with Gasteiger partial charge in [0.05, 0.1) is 0 Å². The van der Waals surface area contributed by atoms with Gasteiger partial charge < -0.3 is 0 Å². The van der Waals surface area contributed by atoms with E-state index < -0.39 is 0 Å². The van der Waals surface area contributed by atoms with Crippen LogP contribution in [0.25, 0.3) is 0 Å². The van der Waals surface area contributed by atoms with E-state index in [1.165, 1.54) is 34.5 Å². The lowest BCUT2D eigenvalue weighted by molar-refractivity contribution is 1.08. The molecule has 4 heteroatoms. The van der Waals surface area contributed by atoms with E-state index in [2.05, 4.69) is 71.3 Å². The number of rotatable bonds is 7. The van der Waals surface area contributed by atoms with Crippen LogP contribution in [-0.4, -0.2) is 33.5 Å². The molecule has 0 amide bonds. The van der Waals surface area contributed by atoms with Gasteiger partial charge in [0.15, 0.2) is 0 Å². The van der Waals surface area contributed by atoms with Crippen molar-refractivity contribution in [1.29, 1.82) is 0 Å². The van der Waals surface area contributed by atoms with Crippen molar-refractivity contribution in [3.8, 4) is 0 Å². The van der Waals surface area contributed by atoms with Gasteiger partial charge in [0.25, 0.3) is 0 Å². The maximum absolute atomic E-state index is 2.32. The molecule has 0 nitrogen and oxygen atoms in total. The molecule has 0 saturated carbocycles. The summed E-state index contributed by atoms with van der Waals surface area (Å²) < 4.78 is 0. The molecular weight excluding hydrogens is 296 g/mol. The molecule has 2 heterocycles. The molecule has 18 heavy (non-hydrogen) atoms. The van der Waals surface area contributed by atoms with Gasteiger partial charge in [-0.3, -0.25) is 0 Å². The molecule has 2 aliphatic heterocycles. The normalized spacial score (nSPS) is 22.8. The predicted molar refractivity (Wildman–Crippen MR) is 91.3 cm³/mol. The molecule has 1 aromatic carbocycles. The van der Waals surface area contributed by atoms with E-state index in [0.717, 1.165) is 10.5 Å². The Morgan fingerprint density at radius 2 is 1.78 bits per heavy atom. The Labute approximate surface area is 127 Å². The highest BCUT2D eigenvalue weighted by Crippen LogP contribution is 2.35. The first-order chi connectivity index (χ1) is 8.92. The first kappa shape index (κ1) is 13.6. The zero-order chi connectivity index (χ0) is 12.2. The van der Waals surface area contributed by atoms with E-state index in [1.807, 2.05) is 0 Å². The molecule has 2 saturated heterocycles. The zero-order valence-corrected chi connectivity index (χ0v) is 13.6. The van der Waals surface area contributed by atoms with Crippen LogP contribution in [0.2, 0.25) is 0 Å². The molecule has 1 aromatic rings. The van der Waals surface area contributed by atoms with E-state index in [1.54, 1.807) is 11.1 Å². The Balaban J connectivity index is 1.50. The molecule has 98 valence electrons. The second-order valence-electron chi connectivity index (χ2n) is 4.71. The topological polar surface area (TPSA) is 0 Å². The summed E-state index contributed by atoms with van der Waals surface area (Å²) in [5, 5.41) is 1.88. The Morgan fingerprint density at radius 1 is 1.06 bits per heavy atom. The monoisotopic (exact) mass is 314 g/mol. The average molecular weight is 315 g/mol. The van der Waals surface area contributed by atoms with E-state index in [0.29, 0.717) is 0 Å². The molecule has 0 bridgehead atoms. The van der Waals surface area contributed by atoms with E-state index in [4.69, 9.17) is 0 Å². The maximum atomic E-state index is 2.32. The van der Waals surface area contributed by atoms with Gasteiger partial charge in [-0.2, -0.15) is 47.0 Å². The van der Waals surface area contributed by atoms with Crippen LogP contribution >= 0.6 is 47.0 Å². The second kappa shape index (κ2) is 6.87. The maximum Gasteiger partial charge on any atom is 0.0232 e. The Hall–Kier alpha value is 0.620.